The van der Waals surface area contributed by atoms with Crippen LogP contribution in [0.15, 0.2) is 47.4 Å². The predicted octanol–water partition coefficient (Wildman–Crippen LogP) is 3.77. The number of carboxylic acids is 1. The standard InChI is InChI=1S/C18H14ClNO4S/c1-10-6-7-11(8-13(10)19)20-16(21)9-15(17(20)22)25-14-5-3-2-4-12(14)18(23)24/h2-8,15H,9H2,1H3,(H,23,24)/t15-/m0/s1. The quantitative estimate of drug-likeness (QED) is 0.823. The first-order valence-corrected chi connectivity index (χ1v) is 8.76. The third-order valence-electron chi connectivity index (χ3n) is 3.91. The molecule has 2 amide bonds. The molecule has 0 aromatic heterocycles. The molecule has 7 heteroatoms. The molecule has 25 heavy (non-hydrogen) atoms. The molecule has 2 aromatic rings. The van der Waals surface area contributed by atoms with E-state index in [0.29, 0.717) is 15.6 Å². The van der Waals surface area contributed by atoms with Crippen LogP contribution in [0.2, 0.25) is 5.02 Å². The van der Waals surface area contributed by atoms with Crippen molar-refractivity contribution in [3.63, 3.8) is 0 Å². The molecule has 1 saturated heterocycles. The summed E-state index contributed by atoms with van der Waals surface area (Å²) in [6.45, 7) is 1.83. The number of carbonyl (C=O) groups is 3. The zero-order valence-corrected chi connectivity index (χ0v) is 14.8. The fourth-order valence-electron chi connectivity index (χ4n) is 2.59. The highest BCUT2D eigenvalue weighted by molar-refractivity contribution is 8.00. The lowest BCUT2D eigenvalue weighted by atomic mass is 10.2. The number of nitrogens with zero attached hydrogens (tertiary/aromatic N) is 1. The van der Waals surface area contributed by atoms with Crippen LogP contribution in [0.1, 0.15) is 22.3 Å². The fraction of sp³-hybridized carbons (Fsp3) is 0.167. The number of hydrogen-bond donors (Lipinski definition) is 1. The Morgan fingerprint density at radius 1 is 1.24 bits per heavy atom. The Bertz CT molecular complexity index is 883. The normalized spacial score (nSPS) is 17.2. The minimum absolute atomic E-state index is 0.0168. The number of amides is 2. The van der Waals surface area contributed by atoms with Crippen molar-refractivity contribution in [2.45, 2.75) is 23.5 Å². The van der Waals surface area contributed by atoms with Gasteiger partial charge in [0, 0.05) is 16.3 Å². The molecule has 5 nitrogen and oxygen atoms in total. The van der Waals surface area contributed by atoms with Crippen LogP contribution in [0.3, 0.4) is 0 Å². The van der Waals surface area contributed by atoms with E-state index in [1.54, 1.807) is 36.4 Å². The monoisotopic (exact) mass is 375 g/mol. The van der Waals surface area contributed by atoms with Crippen molar-refractivity contribution in [3.8, 4) is 0 Å². The summed E-state index contributed by atoms with van der Waals surface area (Å²) in [6.07, 6.45) is 0.0168. The zero-order chi connectivity index (χ0) is 18.1. The number of halogens is 1. The first-order valence-electron chi connectivity index (χ1n) is 7.50. The minimum Gasteiger partial charge on any atom is -0.478 e. The molecule has 1 heterocycles. The molecule has 128 valence electrons. The van der Waals surface area contributed by atoms with Crippen LogP contribution in [0.25, 0.3) is 0 Å². The molecule has 1 atom stereocenters. The van der Waals surface area contributed by atoms with E-state index in [1.807, 2.05) is 6.92 Å². The van der Waals surface area contributed by atoms with Crippen LogP contribution in [-0.4, -0.2) is 28.1 Å². The van der Waals surface area contributed by atoms with Crippen molar-refractivity contribution >= 4 is 46.8 Å². The van der Waals surface area contributed by atoms with E-state index >= 15 is 0 Å². The van der Waals surface area contributed by atoms with Gasteiger partial charge in [0.15, 0.2) is 0 Å². The second-order valence-corrected chi connectivity index (χ2v) is 7.26. The average molecular weight is 376 g/mol. The summed E-state index contributed by atoms with van der Waals surface area (Å²) in [6, 6.07) is 11.4. The van der Waals surface area contributed by atoms with Gasteiger partial charge in [0.1, 0.15) is 0 Å². The van der Waals surface area contributed by atoms with Crippen LogP contribution in [0.5, 0.6) is 0 Å². The van der Waals surface area contributed by atoms with Gasteiger partial charge in [-0.1, -0.05) is 29.8 Å². The number of carboxylic acid groups (broad SMARTS) is 1. The summed E-state index contributed by atoms with van der Waals surface area (Å²) < 4.78 is 0. The molecule has 3 rings (SSSR count). The molecule has 2 aromatic carbocycles. The Balaban J connectivity index is 1.87. The maximum atomic E-state index is 12.7. The number of rotatable bonds is 4. The Morgan fingerprint density at radius 2 is 1.96 bits per heavy atom. The third-order valence-corrected chi connectivity index (χ3v) is 5.58. The lowest BCUT2D eigenvalue weighted by molar-refractivity contribution is -0.121. The first-order chi connectivity index (χ1) is 11.9. The molecular weight excluding hydrogens is 362 g/mol. The number of carbonyl (C=O) groups excluding carboxylic acids is 2. The van der Waals surface area contributed by atoms with Crippen molar-refractivity contribution < 1.29 is 19.5 Å². The van der Waals surface area contributed by atoms with E-state index in [4.69, 9.17) is 11.6 Å². The number of thioether (sulfide) groups is 1. The first kappa shape index (κ1) is 17.5. The summed E-state index contributed by atoms with van der Waals surface area (Å²) in [4.78, 5) is 37.9. The zero-order valence-electron chi connectivity index (χ0n) is 13.2. The molecule has 0 aliphatic carbocycles. The summed E-state index contributed by atoms with van der Waals surface area (Å²) in [7, 11) is 0. The van der Waals surface area contributed by atoms with Crippen molar-refractivity contribution in [2.75, 3.05) is 4.90 Å². The number of hydrogen-bond acceptors (Lipinski definition) is 4. The molecule has 1 N–H and O–H groups in total. The second-order valence-electron chi connectivity index (χ2n) is 5.61. The van der Waals surface area contributed by atoms with Crippen molar-refractivity contribution in [3.05, 3.63) is 58.6 Å². The van der Waals surface area contributed by atoms with Gasteiger partial charge in [-0.05, 0) is 36.8 Å². The van der Waals surface area contributed by atoms with Gasteiger partial charge in [0.05, 0.1) is 16.5 Å². The van der Waals surface area contributed by atoms with Gasteiger partial charge in [-0.15, -0.1) is 11.8 Å². The molecule has 1 aliphatic heterocycles. The molecule has 0 saturated carbocycles. The number of aryl methyl sites for hydroxylation is 1. The summed E-state index contributed by atoms with van der Waals surface area (Å²) in [5, 5.41) is 9.07. The third kappa shape index (κ3) is 3.41. The Hall–Kier alpha value is -2.31. The van der Waals surface area contributed by atoms with Crippen molar-refractivity contribution in [2.24, 2.45) is 0 Å². The van der Waals surface area contributed by atoms with Crippen LogP contribution < -0.4 is 4.90 Å². The summed E-state index contributed by atoms with van der Waals surface area (Å²) >= 11 is 7.19. The SMILES string of the molecule is Cc1ccc(N2C(=O)C[C@H](Sc3ccccc3C(=O)O)C2=O)cc1Cl. The molecule has 0 spiro atoms. The van der Waals surface area contributed by atoms with E-state index in [1.165, 1.54) is 6.07 Å². The summed E-state index contributed by atoms with van der Waals surface area (Å²) in [5.74, 6) is -1.76. The maximum Gasteiger partial charge on any atom is 0.336 e. The van der Waals surface area contributed by atoms with Gasteiger partial charge in [-0.25, -0.2) is 9.69 Å². The van der Waals surface area contributed by atoms with E-state index in [9.17, 15) is 19.5 Å². The number of benzene rings is 2. The van der Waals surface area contributed by atoms with Gasteiger partial charge in [-0.3, -0.25) is 9.59 Å². The van der Waals surface area contributed by atoms with E-state index in [-0.39, 0.29) is 23.8 Å². The van der Waals surface area contributed by atoms with Gasteiger partial charge < -0.3 is 5.11 Å². The van der Waals surface area contributed by atoms with E-state index in [2.05, 4.69) is 0 Å². The van der Waals surface area contributed by atoms with Gasteiger partial charge in [-0.2, -0.15) is 0 Å². The topological polar surface area (TPSA) is 74.7 Å². The second kappa shape index (κ2) is 6.90. The minimum atomic E-state index is -1.07. The average Bonchev–Trinajstić information content (AvgIpc) is 2.84. The Kier molecular flexibility index (Phi) is 4.83. The van der Waals surface area contributed by atoms with E-state index < -0.39 is 11.2 Å². The van der Waals surface area contributed by atoms with E-state index in [0.717, 1.165) is 22.2 Å². The number of imide groups is 1. The smallest absolute Gasteiger partial charge is 0.336 e. The van der Waals surface area contributed by atoms with Crippen molar-refractivity contribution in [1.29, 1.82) is 0 Å². The molecule has 0 bridgehead atoms. The highest BCUT2D eigenvalue weighted by Gasteiger charge is 2.40. The highest BCUT2D eigenvalue weighted by Crippen LogP contribution is 2.36. The lowest BCUT2D eigenvalue weighted by Crippen LogP contribution is -2.31. The molecule has 1 aliphatic rings. The molecular formula is C18H14ClNO4S. The van der Waals surface area contributed by atoms with Crippen LogP contribution in [-0.2, 0) is 9.59 Å². The van der Waals surface area contributed by atoms with Crippen LogP contribution in [0.4, 0.5) is 5.69 Å². The maximum absolute atomic E-state index is 12.7. The van der Waals surface area contributed by atoms with Crippen LogP contribution in [0, 0.1) is 6.92 Å². The number of anilines is 1. The summed E-state index contributed by atoms with van der Waals surface area (Å²) in [5.41, 5.74) is 1.40. The highest BCUT2D eigenvalue weighted by atomic mass is 35.5. The van der Waals surface area contributed by atoms with Crippen molar-refractivity contribution in [1.82, 2.24) is 0 Å². The fourth-order valence-corrected chi connectivity index (χ4v) is 3.94. The van der Waals surface area contributed by atoms with Gasteiger partial charge in [0.25, 0.3) is 0 Å². The number of aromatic carboxylic acids is 1. The predicted molar refractivity (Wildman–Crippen MR) is 96.3 cm³/mol. The largest absolute Gasteiger partial charge is 0.478 e. The lowest BCUT2D eigenvalue weighted by Gasteiger charge is -2.16. The van der Waals surface area contributed by atoms with Crippen LogP contribution >= 0.6 is 23.4 Å². The molecule has 1 fully saturated rings. The van der Waals surface area contributed by atoms with Gasteiger partial charge >= 0.3 is 5.97 Å². The Labute approximate surface area is 153 Å². The Morgan fingerprint density at radius 3 is 2.64 bits per heavy atom. The molecule has 0 unspecified atom stereocenters. The van der Waals surface area contributed by atoms with Gasteiger partial charge in [0.2, 0.25) is 11.8 Å². The molecule has 0 radical (unpaired) electrons.